The summed E-state index contributed by atoms with van der Waals surface area (Å²) in [7, 11) is 0. The fourth-order valence-corrected chi connectivity index (χ4v) is 1.39. The fraction of sp³-hybridized carbons (Fsp3) is 0.0769. The first-order chi connectivity index (χ1) is 8.20. The number of ether oxygens (including phenoxy) is 1. The van der Waals surface area contributed by atoms with E-state index < -0.39 is 0 Å². The largest absolute Gasteiger partial charge is 0.437 e. The molecule has 0 saturated heterocycles. The molecule has 0 radical (unpaired) electrons. The normalized spacial score (nSPS) is 9.65. The first-order valence-corrected chi connectivity index (χ1v) is 5.10. The summed E-state index contributed by atoms with van der Waals surface area (Å²) in [5, 5.41) is 8.77. The van der Waals surface area contributed by atoms with Crippen LogP contribution in [0.15, 0.2) is 36.5 Å². The molecule has 0 unspecified atom stereocenters. The number of pyridine rings is 1. The van der Waals surface area contributed by atoms with Crippen LogP contribution in [0.25, 0.3) is 0 Å². The summed E-state index contributed by atoms with van der Waals surface area (Å²) in [6.07, 6.45) is 1.53. The molecule has 1 heterocycles. The molecule has 4 nitrogen and oxygen atoms in total. The van der Waals surface area contributed by atoms with E-state index in [1.807, 2.05) is 25.1 Å². The summed E-state index contributed by atoms with van der Waals surface area (Å²) in [5.74, 6) is 0.911. The summed E-state index contributed by atoms with van der Waals surface area (Å²) >= 11 is 0. The van der Waals surface area contributed by atoms with Crippen LogP contribution in [0.1, 0.15) is 11.1 Å². The Morgan fingerprint density at radius 3 is 2.94 bits per heavy atom. The number of aryl methyl sites for hydroxylation is 1. The summed E-state index contributed by atoms with van der Waals surface area (Å²) in [5.41, 5.74) is 7.91. The molecule has 2 N–H and O–H groups in total. The van der Waals surface area contributed by atoms with Crippen molar-refractivity contribution in [2.45, 2.75) is 6.92 Å². The number of nitrogens with two attached hydrogens (primary N) is 1. The molecule has 0 bridgehead atoms. The maximum absolute atomic E-state index is 8.77. The summed E-state index contributed by atoms with van der Waals surface area (Å²) in [6, 6.07) is 10.7. The Morgan fingerprint density at radius 2 is 2.18 bits per heavy atom. The van der Waals surface area contributed by atoms with E-state index in [2.05, 4.69) is 4.98 Å². The smallest absolute Gasteiger partial charge is 0.220 e. The van der Waals surface area contributed by atoms with Gasteiger partial charge in [0.1, 0.15) is 0 Å². The quantitative estimate of drug-likeness (QED) is 0.797. The third-order valence-electron chi connectivity index (χ3n) is 2.36. The summed E-state index contributed by atoms with van der Waals surface area (Å²) in [6.45, 7) is 1.90. The Hall–Kier alpha value is -2.54. The van der Waals surface area contributed by atoms with E-state index in [-0.39, 0.29) is 0 Å². The van der Waals surface area contributed by atoms with Gasteiger partial charge in [0.15, 0.2) is 5.75 Å². The molecule has 0 amide bonds. The third-order valence-corrected chi connectivity index (χ3v) is 2.36. The molecule has 0 spiro atoms. The molecule has 0 aliphatic heterocycles. The molecule has 4 heteroatoms. The molecule has 0 saturated carbocycles. The number of benzene rings is 1. The van der Waals surface area contributed by atoms with Crippen molar-refractivity contribution in [1.29, 1.82) is 5.26 Å². The van der Waals surface area contributed by atoms with E-state index in [0.29, 0.717) is 22.9 Å². The zero-order valence-corrected chi connectivity index (χ0v) is 9.34. The Balaban J connectivity index is 2.32. The van der Waals surface area contributed by atoms with Gasteiger partial charge in [0.25, 0.3) is 0 Å². The number of nitriles is 1. The van der Waals surface area contributed by atoms with E-state index >= 15 is 0 Å². The maximum Gasteiger partial charge on any atom is 0.220 e. The van der Waals surface area contributed by atoms with Gasteiger partial charge >= 0.3 is 0 Å². The molecular weight excluding hydrogens is 214 g/mol. The molecule has 2 rings (SSSR count). The van der Waals surface area contributed by atoms with Gasteiger partial charge in [0, 0.05) is 12.3 Å². The van der Waals surface area contributed by atoms with Gasteiger partial charge in [-0.1, -0.05) is 12.1 Å². The number of nitrogens with zero attached hydrogens (tertiary/aromatic N) is 2. The van der Waals surface area contributed by atoms with Gasteiger partial charge in [-0.2, -0.15) is 5.26 Å². The monoisotopic (exact) mass is 225 g/mol. The van der Waals surface area contributed by atoms with Crippen LogP contribution >= 0.6 is 0 Å². The minimum absolute atomic E-state index is 0.362. The van der Waals surface area contributed by atoms with Crippen molar-refractivity contribution in [3.8, 4) is 17.7 Å². The van der Waals surface area contributed by atoms with Gasteiger partial charge in [0.05, 0.1) is 17.3 Å². The van der Waals surface area contributed by atoms with Crippen molar-refractivity contribution >= 4 is 5.69 Å². The van der Waals surface area contributed by atoms with Crippen molar-refractivity contribution in [3.05, 3.63) is 47.7 Å². The van der Waals surface area contributed by atoms with Crippen molar-refractivity contribution in [2.75, 3.05) is 5.73 Å². The van der Waals surface area contributed by atoms with Crippen LogP contribution in [0.4, 0.5) is 5.69 Å². The highest BCUT2D eigenvalue weighted by Crippen LogP contribution is 2.28. The van der Waals surface area contributed by atoms with Gasteiger partial charge in [-0.15, -0.1) is 0 Å². The number of anilines is 1. The SMILES string of the molecule is Cc1cccc(Oc2cc(C#N)ccn2)c1N. The van der Waals surface area contributed by atoms with Crippen molar-refractivity contribution < 1.29 is 4.74 Å². The lowest BCUT2D eigenvalue weighted by molar-refractivity contribution is 0.465. The number of aromatic nitrogens is 1. The lowest BCUT2D eigenvalue weighted by Gasteiger charge is -2.09. The lowest BCUT2D eigenvalue weighted by atomic mass is 10.2. The zero-order chi connectivity index (χ0) is 12.3. The first-order valence-electron chi connectivity index (χ1n) is 5.10. The average Bonchev–Trinajstić information content (AvgIpc) is 2.35. The maximum atomic E-state index is 8.77. The average molecular weight is 225 g/mol. The predicted octanol–water partition coefficient (Wildman–Crippen LogP) is 2.64. The van der Waals surface area contributed by atoms with Gasteiger partial charge in [-0.05, 0) is 24.6 Å². The van der Waals surface area contributed by atoms with Gasteiger partial charge in [-0.3, -0.25) is 0 Å². The second kappa shape index (κ2) is 4.54. The predicted molar refractivity (Wildman–Crippen MR) is 64.6 cm³/mol. The van der Waals surface area contributed by atoms with E-state index in [0.717, 1.165) is 5.56 Å². The third kappa shape index (κ3) is 2.34. The Morgan fingerprint density at radius 1 is 1.35 bits per heavy atom. The standard InChI is InChI=1S/C13H11N3O/c1-9-3-2-4-11(13(9)15)17-12-7-10(8-14)5-6-16-12/h2-7H,15H2,1H3. The molecule has 0 aliphatic carbocycles. The molecular formula is C13H11N3O. The van der Waals surface area contributed by atoms with Crippen LogP contribution in [-0.2, 0) is 0 Å². The van der Waals surface area contributed by atoms with E-state index in [9.17, 15) is 0 Å². The van der Waals surface area contributed by atoms with E-state index in [1.54, 1.807) is 18.2 Å². The lowest BCUT2D eigenvalue weighted by Crippen LogP contribution is -1.95. The second-order valence-corrected chi connectivity index (χ2v) is 3.58. The molecule has 1 aromatic carbocycles. The highest BCUT2D eigenvalue weighted by molar-refractivity contribution is 5.58. The highest BCUT2D eigenvalue weighted by Gasteiger charge is 2.05. The zero-order valence-electron chi connectivity index (χ0n) is 9.34. The van der Waals surface area contributed by atoms with Gasteiger partial charge < -0.3 is 10.5 Å². The first kappa shape index (κ1) is 11.0. The van der Waals surface area contributed by atoms with Crippen LogP contribution in [0.2, 0.25) is 0 Å². The minimum Gasteiger partial charge on any atom is -0.437 e. The fourth-order valence-electron chi connectivity index (χ4n) is 1.39. The van der Waals surface area contributed by atoms with E-state index in [1.165, 1.54) is 6.20 Å². The molecule has 0 aliphatic rings. The number of para-hydroxylation sites is 1. The highest BCUT2D eigenvalue weighted by atomic mass is 16.5. The van der Waals surface area contributed by atoms with Crippen LogP contribution < -0.4 is 10.5 Å². The van der Waals surface area contributed by atoms with Crippen LogP contribution in [0.5, 0.6) is 11.6 Å². The number of nitrogen functional groups attached to an aromatic ring is 1. The van der Waals surface area contributed by atoms with E-state index in [4.69, 9.17) is 15.7 Å². The van der Waals surface area contributed by atoms with Gasteiger partial charge in [0.2, 0.25) is 5.88 Å². The minimum atomic E-state index is 0.362. The van der Waals surface area contributed by atoms with Crippen LogP contribution in [0, 0.1) is 18.3 Å². The molecule has 1 aromatic heterocycles. The Kier molecular flexibility index (Phi) is 2.93. The molecule has 0 fully saturated rings. The second-order valence-electron chi connectivity index (χ2n) is 3.58. The molecule has 84 valence electrons. The molecule has 0 atom stereocenters. The van der Waals surface area contributed by atoms with Crippen molar-refractivity contribution in [1.82, 2.24) is 4.98 Å². The van der Waals surface area contributed by atoms with Crippen LogP contribution in [0.3, 0.4) is 0 Å². The van der Waals surface area contributed by atoms with Gasteiger partial charge in [-0.25, -0.2) is 4.98 Å². The topological polar surface area (TPSA) is 71.9 Å². The van der Waals surface area contributed by atoms with Crippen LogP contribution in [-0.4, -0.2) is 4.98 Å². The summed E-state index contributed by atoms with van der Waals surface area (Å²) < 4.78 is 5.55. The van der Waals surface area contributed by atoms with Crippen molar-refractivity contribution in [2.24, 2.45) is 0 Å². The Labute approximate surface area is 99.3 Å². The number of hydrogen-bond donors (Lipinski definition) is 1. The number of hydrogen-bond acceptors (Lipinski definition) is 4. The Bertz CT molecular complexity index is 587. The van der Waals surface area contributed by atoms with Crippen molar-refractivity contribution in [3.63, 3.8) is 0 Å². The number of rotatable bonds is 2. The summed E-state index contributed by atoms with van der Waals surface area (Å²) in [4.78, 5) is 4.02. The molecule has 17 heavy (non-hydrogen) atoms. The molecule has 2 aromatic rings.